The van der Waals surface area contributed by atoms with Crippen LogP contribution >= 0.6 is 15.9 Å². The number of anilines is 1. The molecule has 0 aliphatic carbocycles. The number of benzene rings is 1. The van der Waals surface area contributed by atoms with E-state index >= 15 is 0 Å². The van der Waals surface area contributed by atoms with Gasteiger partial charge in [0.05, 0.1) is 0 Å². The van der Waals surface area contributed by atoms with Crippen molar-refractivity contribution >= 4 is 21.6 Å². The molecule has 118 valence electrons. The van der Waals surface area contributed by atoms with Gasteiger partial charge in [0.25, 0.3) is 0 Å². The zero-order valence-corrected chi connectivity index (χ0v) is 15.2. The molecule has 1 aliphatic rings. The second-order valence-electron chi connectivity index (χ2n) is 6.44. The summed E-state index contributed by atoms with van der Waals surface area (Å²) in [7, 11) is 0. The molecule has 2 rings (SSSR count). The summed E-state index contributed by atoms with van der Waals surface area (Å²) in [4.78, 5) is 2.62. The van der Waals surface area contributed by atoms with E-state index < -0.39 is 0 Å². The molecule has 0 bridgehead atoms. The van der Waals surface area contributed by atoms with Crippen LogP contribution in [0.15, 0.2) is 22.7 Å². The topological polar surface area (TPSA) is 15.3 Å². The molecule has 21 heavy (non-hydrogen) atoms. The van der Waals surface area contributed by atoms with Crippen LogP contribution < -0.4 is 10.2 Å². The lowest BCUT2D eigenvalue weighted by atomic mass is 9.97. The van der Waals surface area contributed by atoms with Gasteiger partial charge in [0.2, 0.25) is 0 Å². The molecule has 0 amide bonds. The summed E-state index contributed by atoms with van der Waals surface area (Å²) < 4.78 is 1.23. The Labute approximate surface area is 138 Å². The zero-order chi connectivity index (χ0) is 15.2. The highest BCUT2D eigenvalue weighted by atomic mass is 79.9. The average molecular weight is 353 g/mol. The van der Waals surface area contributed by atoms with E-state index in [4.69, 9.17) is 0 Å². The van der Waals surface area contributed by atoms with Crippen LogP contribution in [0, 0.1) is 0 Å². The molecule has 1 heterocycles. The Balaban J connectivity index is 2.10. The molecular formula is C18H29BrN2. The van der Waals surface area contributed by atoms with E-state index in [2.05, 4.69) is 65.1 Å². The Hall–Kier alpha value is -0.540. The minimum absolute atomic E-state index is 0.521. The average Bonchev–Trinajstić information content (AvgIpc) is 2.47. The van der Waals surface area contributed by atoms with Crippen LogP contribution in [0.25, 0.3) is 0 Å². The van der Waals surface area contributed by atoms with Crippen molar-refractivity contribution in [3.63, 3.8) is 0 Å². The molecule has 1 unspecified atom stereocenters. The van der Waals surface area contributed by atoms with Gasteiger partial charge in [0, 0.05) is 35.3 Å². The molecular weight excluding hydrogens is 324 g/mol. The minimum Gasteiger partial charge on any atom is -0.369 e. The van der Waals surface area contributed by atoms with Crippen molar-refractivity contribution in [2.24, 2.45) is 0 Å². The molecule has 1 fully saturated rings. The molecule has 1 aliphatic heterocycles. The fourth-order valence-electron chi connectivity index (χ4n) is 3.15. The molecule has 0 radical (unpaired) electrons. The van der Waals surface area contributed by atoms with E-state index in [0.717, 1.165) is 12.6 Å². The van der Waals surface area contributed by atoms with Gasteiger partial charge in [-0.3, -0.25) is 0 Å². The maximum absolute atomic E-state index is 3.76. The first-order valence-corrected chi connectivity index (χ1v) is 9.19. The second-order valence-corrected chi connectivity index (χ2v) is 7.30. The summed E-state index contributed by atoms with van der Waals surface area (Å²) in [6.07, 6.45) is 6.66. The van der Waals surface area contributed by atoms with E-state index in [1.165, 1.54) is 54.4 Å². The summed E-state index contributed by atoms with van der Waals surface area (Å²) in [5, 5.41) is 3.49. The predicted molar refractivity (Wildman–Crippen MR) is 96.0 cm³/mol. The first kappa shape index (κ1) is 16.8. The highest BCUT2D eigenvalue weighted by Crippen LogP contribution is 2.30. The molecule has 0 saturated carbocycles. The molecule has 1 atom stereocenters. The van der Waals surface area contributed by atoms with Crippen molar-refractivity contribution in [2.45, 2.75) is 71.5 Å². The molecule has 1 aromatic carbocycles. The Morgan fingerprint density at radius 1 is 1.33 bits per heavy atom. The van der Waals surface area contributed by atoms with Crippen molar-refractivity contribution in [3.05, 3.63) is 28.2 Å². The molecule has 1 saturated heterocycles. The van der Waals surface area contributed by atoms with Crippen LogP contribution in [0.3, 0.4) is 0 Å². The quantitative estimate of drug-likeness (QED) is 0.765. The maximum atomic E-state index is 3.76. The molecule has 1 aromatic rings. The Kier molecular flexibility index (Phi) is 6.56. The van der Waals surface area contributed by atoms with Gasteiger partial charge >= 0.3 is 0 Å². The van der Waals surface area contributed by atoms with Crippen LogP contribution in [0.5, 0.6) is 0 Å². The fourth-order valence-corrected chi connectivity index (χ4v) is 3.65. The van der Waals surface area contributed by atoms with E-state index in [9.17, 15) is 0 Å². The normalized spacial score (nSPS) is 19.3. The summed E-state index contributed by atoms with van der Waals surface area (Å²) >= 11 is 3.76. The van der Waals surface area contributed by atoms with Crippen LogP contribution in [0.4, 0.5) is 5.69 Å². The van der Waals surface area contributed by atoms with Crippen molar-refractivity contribution < 1.29 is 0 Å². The number of nitrogens with one attached hydrogen (secondary N) is 1. The molecule has 2 nitrogen and oxygen atoms in total. The minimum atomic E-state index is 0.521. The monoisotopic (exact) mass is 352 g/mol. The van der Waals surface area contributed by atoms with Crippen molar-refractivity contribution in [1.82, 2.24) is 5.32 Å². The summed E-state index contributed by atoms with van der Waals surface area (Å²) in [6.45, 7) is 8.80. The second kappa shape index (κ2) is 8.19. The molecule has 0 spiro atoms. The summed E-state index contributed by atoms with van der Waals surface area (Å²) in [5.74, 6) is 0. The van der Waals surface area contributed by atoms with Gasteiger partial charge in [-0.15, -0.1) is 0 Å². The van der Waals surface area contributed by atoms with E-state index in [-0.39, 0.29) is 0 Å². The van der Waals surface area contributed by atoms with Gasteiger partial charge in [-0.25, -0.2) is 0 Å². The SMILES string of the molecule is CCCC1CCCCN1c1ccc(CNC(C)C)c(Br)c1. The number of nitrogens with zero attached hydrogens (tertiary/aromatic N) is 1. The smallest absolute Gasteiger partial charge is 0.0380 e. The van der Waals surface area contributed by atoms with Crippen LogP contribution in [0.2, 0.25) is 0 Å². The van der Waals surface area contributed by atoms with Gasteiger partial charge in [0.1, 0.15) is 0 Å². The number of hydrogen-bond donors (Lipinski definition) is 1. The van der Waals surface area contributed by atoms with Crippen LogP contribution in [-0.2, 0) is 6.54 Å². The van der Waals surface area contributed by atoms with Gasteiger partial charge in [-0.05, 0) is 43.4 Å². The van der Waals surface area contributed by atoms with E-state index in [1.54, 1.807) is 0 Å². The standard InChI is InChI=1S/C18H29BrN2/c1-4-7-16-8-5-6-11-21(16)17-10-9-15(18(19)12-17)13-20-14(2)3/h9-10,12,14,16,20H,4-8,11,13H2,1-3H3. The van der Waals surface area contributed by atoms with Crippen LogP contribution in [-0.4, -0.2) is 18.6 Å². The van der Waals surface area contributed by atoms with Crippen molar-refractivity contribution in [2.75, 3.05) is 11.4 Å². The first-order valence-electron chi connectivity index (χ1n) is 8.40. The highest BCUT2D eigenvalue weighted by molar-refractivity contribution is 9.10. The Morgan fingerprint density at radius 2 is 2.14 bits per heavy atom. The number of hydrogen-bond acceptors (Lipinski definition) is 2. The number of piperidine rings is 1. The third kappa shape index (κ3) is 4.72. The molecule has 0 aromatic heterocycles. The third-order valence-corrected chi connectivity index (χ3v) is 5.06. The number of rotatable bonds is 6. The molecule has 3 heteroatoms. The lowest BCUT2D eigenvalue weighted by Gasteiger charge is -2.38. The van der Waals surface area contributed by atoms with Gasteiger partial charge in [-0.2, -0.15) is 0 Å². The lowest BCUT2D eigenvalue weighted by Crippen LogP contribution is -2.39. The van der Waals surface area contributed by atoms with Gasteiger partial charge in [-0.1, -0.05) is 49.2 Å². The first-order chi connectivity index (χ1) is 10.1. The lowest BCUT2D eigenvalue weighted by molar-refractivity contribution is 0.434. The van der Waals surface area contributed by atoms with Gasteiger partial charge in [0.15, 0.2) is 0 Å². The highest BCUT2D eigenvalue weighted by Gasteiger charge is 2.22. The van der Waals surface area contributed by atoms with Crippen molar-refractivity contribution in [1.29, 1.82) is 0 Å². The fraction of sp³-hybridized carbons (Fsp3) is 0.667. The van der Waals surface area contributed by atoms with E-state index in [0.29, 0.717) is 6.04 Å². The van der Waals surface area contributed by atoms with E-state index in [1.807, 2.05) is 0 Å². The summed E-state index contributed by atoms with van der Waals surface area (Å²) in [6, 6.07) is 8.14. The van der Waals surface area contributed by atoms with Crippen LogP contribution in [0.1, 0.15) is 58.4 Å². The third-order valence-electron chi connectivity index (χ3n) is 4.32. The predicted octanol–water partition coefficient (Wildman–Crippen LogP) is 5.11. The summed E-state index contributed by atoms with van der Waals surface area (Å²) in [5.41, 5.74) is 2.73. The largest absolute Gasteiger partial charge is 0.369 e. The van der Waals surface area contributed by atoms with Gasteiger partial charge < -0.3 is 10.2 Å². The van der Waals surface area contributed by atoms with Crippen molar-refractivity contribution in [3.8, 4) is 0 Å². The molecule has 1 N–H and O–H groups in total. The Morgan fingerprint density at radius 3 is 2.81 bits per heavy atom. The number of halogens is 1. The Bertz CT molecular complexity index is 443. The maximum Gasteiger partial charge on any atom is 0.0380 e. The zero-order valence-electron chi connectivity index (χ0n) is 13.7.